The molecular weight excluding hydrogens is 191 g/mol. The van der Waals surface area contributed by atoms with Crippen molar-refractivity contribution >= 4 is 17.7 Å². The normalized spacial score (nSPS) is 9.50. The van der Waals surface area contributed by atoms with Crippen molar-refractivity contribution in [1.82, 2.24) is 4.98 Å². The molecule has 1 aromatic rings. The van der Waals surface area contributed by atoms with Crippen LogP contribution in [0.3, 0.4) is 0 Å². The Morgan fingerprint density at radius 1 is 1.50 bits per heavy atom. The van der Waals surface area contributed by atoms with E-state index in [-0.39, 0.29) is 5.82 Å². The van der Waals surface area contributed by atoms with Gasteiger partial charge in [0, 0.05) is 0 Å². The molecule has 0 unspecified atom stereocenters. The maximum Gasteiger partial charge on any atom is 0.312 e. The first-order valence-corrected chi connectivity index (χ1v) is 3.72. The minimum atomic E-state index is -1.25. The number of aliphatic carboxylic acids is 1. The summed E-state index contributed by atoms with van der Waals surface area (Å²) < 4.78 is 12.5. The van der Waals surface area contributed by atoms with Crippen LogP contribution in [-0.4, -0.2) is 22.0 Å². The first-order chi connectivity index (χ1) is 6.58. The molecule has 0 saturated carbocycles. The van der Waals surface area contributed by atoms with E-state index in [0.717, 1.165) is 6.07 Å². The number of carbonyl (C=O) groups is 2. The number of anilines is 1. The van der Waals surface area contributed by atoms with Crippen molar-refractivity contribution in [1.29, 1.82) is 0 Å². The lowest BCUT2D eigenvalue weighted by molar-refractivity contribution is -0.139. The number of aromatic nitrogens is 1. The molecule has 1 rings (SSSR count). The molecule has 74 valence electrons. The second-order valence-corrected chi connectivity index (χ2v) is 2.46. The van der Waals surface area contributed by atoms with Gasteiger partial charge in [0.05, 0.1) is 0 Å². The van der Waals surface area contributed by atoms with E-state index in [1.165, 1.54) is 12.1 Å². The molecule has 0 fully saturated rings. The number of halogens is 1. The Morgan fingerprint density at radius 2 is 2.21 bits per heavy atom. The zero-order valence-electron chi connectivity index (χ0n) is 7.03. The van der Waals surface area contributed by atoms with Crippen LogP contribution in [0.4, 0.5) is 10.2 Å². The minimum absolute atomic E-state index is 0.00347. The zero-order chi connectivity index (χ0) is 10.6. The Hall–Kier alpha value is -1.98. The van der Waals surface area contributed by atoms with Crippen LogP contribution >= 0.6 is 0 Å². The molecule has 1 heterocycles. The average Bonchev–Trinajstić information content (AvgIpc) is 2.01. The van der Waals surface area contributed by atoms with E-state index < -0.39 is 24.2 Å². The summed E-state index contributed by atoms with van der Waals surface area (Å²) in [5, 5.41) is 10.4. The highest BCUT2D eigenvalue weighted by atomic mass is 19.1. The number of pyridine rings is 1. The van der Waals surface area contributed by atoms with E-state index in [1.54, 1.807) is 0 Å². The predicted molar refractivity (Wildman–Crippen MR) is 45.1 cm³/mol. The molecule has 6 heteroatoms. The molecule has 0 aliphatic heterocycles. The summed E-state index contributed by atoms with van der Waals surface area (Å²) in [6.45, 7) is 0. The second-order valence-electron chi connectivity index (χ2n) is 2.46. The van der Waals surface area contributed by atoms with E-state index in [0.29, 0.717) is 0 Å². The minimum Gasteiger partial charge on any atom is -0.481 e. The maximum absolute atomic E-state index is 12.5. The number of carboxylic acids is 1. The third kappa shape index (κ3) is 3.18. The van der Waals surface area contributed by atoms with Crippen molar-refractivity contribution in [3.63, 3.8) is 0 Å². The van der Waals surface area contributed by atoms with Crippen molar-refractivity contribution in [2.45, 2.75) is 6.42 Å². The number of hydrogen-bond acceptors (Lipinski definition) is 3. The van der Waals surface area contributed by atoms with Crippen molar-refractivity contribution in [2.75, 3.05) is 5.32 Å². The molecule has 0 saturated heterocycles. The van der Waals surface area contributed by atoms with E-state index in [1.807, 2.05) is 0 Å². The van der Waals surface area contributed by atoms with Gasteiger partial charge in [-0.15, -0.1) is 0 Å². The van der Waals surface area contributed by atoms with Gasteiger partial charge in [0.2, 0.25) is 11.9 Å². The van der Waals surface area contributed by atoms with Crippen LogP contribution in [0.2, 0.25) is 0 Å². The van der Waals surface area contributed by atoms with Gasteiger partial charge in [0.25, 0.3) is 0 Å². The largest absolute Gasteiger partial charge is 0.481 e. The summed E-state index contributed by atoms with van der Waals surface area (Å²) >= 11 is 0. The molecule has 0 bridgehead atoms. The van der Waals surface area contributed by atoms with Gasteiger partial charge < -0.3 is 10.4 Å². The van der Waals surface area contributed by atoms with Crippen LogP contribution in [0, 0.1) is 5.95 Å². The summed E-state index contributed by atoms with van der Waals surface area (Å²) in [5.41, 5.74) is 0. The van der Waals surface area contributed by atoms with Gasteiger partial charge in [-0.2, -0.15) is 4.39 Å². The number of nitrogens with zero attached hydrogens (tertiary/aromatic N) is 1. The lowest BCUT2D eigenvalue weighted by atomic mass is 10.4. The van der Waals surface area contributed by atoms with Gasteiger partial charge in [-0.25, -0.2) is 4.98 Å². The Morgan fingerprint density at radius 3 is 2.79 bits per heavy atom. The maximum atomic E-state index is 12.5. The fraction of sp³-hybridized carbons (Fsp3) is 0.125. The number of nitrogens with one attached hydrogen (secondary N) is 1. The quantitative estimate of drug-likeness (QED) is 0.551. The summed E-state index contributed by atoms with van der Waals surface area (Å²) in [6, 6.07) is 3.84. The lowest BCUT2D eigenvalue weighted by Gasteiger charge is -2.01. The monoisotopic (exact) mass is 198 g/mol. The van der Waals surface area contributed by atoms with Crippen LogP contribution in [0.1, 0.15) is 6.42 Å². The van der Waals surface area contributed by atoms with Crippen LogP contribution in [0.15, 0.2) is 18.2 Å². The van der Waals surface area contributed by atoms with Gasteiger partial charge in [0.1, 0.15) is 12.2 Å². The summed E-state index contributed by atoms with van der Waals surface area (Å²) in [5.74, 6) is -2.73. The molecule has 0 spiro atoms. The van der Waals surface area contributed by atoms with E-state index in [2.05, 4.69) is 10.3 Å². The van der Waals surface area contributed by atoms with Gasteiger partial charge in [-0.3, -0.25) is 9.59 Å². The number of carboxylic acid groups (broad SMARTS) is 1. The van der Waals surface area contributed by atoms with Crippen LogP contribution in [-0.2, 0) is 9.59 Å². The molecule has 1 aromatic heterocycles. The lowest BCUT2D eigenvalue weighted by Crippen LogP contribution is -2.16. The number of amides is 1. The molecule has 0 aromatic carbocycles. The van der Waals surface area contributed by atoms with Crippen LogP contribution in [0.25, 0.3) is 0 Å². The van der Waals surface area contributed by atoms with Gasteiger partial charge in [-0.1, -0.05) is 6.07 Å². The number of carbonyl (C=O) groups excluding carboxylic acids is 1. The Kier molecular flexibility index (Phi) is 3.11. The van der Waals surface area contributed by atoms with Gasteiger partial charge >= 0.3 is 5.97 Å². The topological polar surface area (TPSA) is 79.3 Å². The standard InChI is InChI=1S/C8H7FN2O3/c9-5-2-1-3-6(10-5)11-7(12)4-8(13)14/h1-3H,4H2,(H,13,14)(H,10,11,12). The predicted octanol–water partition coefficient (Wildman–Crippen LogP) is 0.634. The molecule has 0 aliphatic carbocycles. The SMILES string of the molecule is O=C(O)CC(=O)Nc1cccc(F)n1. The Balaban J connectivity index is 2.60. The smallest absolute Gasteiger partial charge is 0.312 e. The van der Waals surface area contributed by atoms with E-state index in [9.17, 15) is 14.0 Å². The molecule has 14 heavy (non-hydrogen) atoms. The van der Waals surface area contributed by atoms with Crippen molar-refractivity contribution in [3.05, 3.63) is 24.1 Å². The fourth-order valence-corrected chi connectivity index (χ4v) is 0.802. The van der Waals surface area contributed by atoms with Crippen molar-refractivity contribution in [3.8, 4) is 0 Å². The van der Waals surface area contributed by atoms with Crippen LogP contribution < -0.4 is 5.32 Å². The number of rotatable bonds is 3. The molecule has 0 aliphatic rings. The second kappa shape index (κ2) is 4.31. The Labute approximate surface area is 78.6 Å². The molecule has 1 amide bonds. The summed E-state index contributed by atoms with van der Waals surface area (Å²) in [6.07, 6.45) is -0.668. The third-order valence-electron chi connectivity index (χ3n) is 1.29. The van der Waals surface area contributed by atoms with Gasteiger partial charge in [-0.05, 0) is 12.1 Å². The molecule has 2 N–H and O–H groups in total. The first kappa shape index (κ1) is 10.1. The summed E-state index contributed by atoms with van der Waals surface area (Å²) in [7, 11) is 0. The average molecular weight is 198 g/mol. The van der Waals surface area contributed by atoms with Crippen molar-refractivity contribution < 1.29 is 19.1 Å². The Bertz CT molecular complexity index is 367. The zero-order valence-corrected chi connectivity index (χ0v) is 7.03. The molecule has 0 radical (unpaired) electrons. The molecule has 0 atom stereocenters. The molecular formula is C8H7FN2O3. The van der Waals surface area contributed by atoms with Gasteiger partial charge in [0.15, 0.2) is 0 Å². The highest BCUT2D eigenvalue weighted by molar-refractivity contribution is 6.00. The third-order valence-corrected chi connectivity index (χ3v) is 1.29. The van der Waals surface area contributed by atoms with Crippen LogP contribution in [0.5, 0.6) is 0 Å². The summed E-state index contributed by atoms with van der Waals surface area (Å²) in [4.78, 5) is 24.3. The fourth-order valence-electron chi connectivity index (χ4n) is 0.802. The van der Waals surface area contributed by atoms with E-state index >= 15 is 0 Å². The first-order valence-electron chi connectivity index (χ1n) is 3.72. The van der Waals surface area contributed by atoms with Crippen molar-refractivity contribution in [2.24, 2.45) is 0 Å². The van der Waals surface area contributed by atoms with E-state index in [4.69, 9.17) is 5.11 Å². The highest BCUT2D eigenvalue weighted by Gasteiger charge is 2.08. The molecule has 5 nitrogen and oxygen atoms in total. The highest BCUT2D eigenvalue weighted by Crippen LogP contribution is 2.03. The number of hydrogen-bond donors (Lipinski definition) is 2.